The molecular weight excluding hydrogens is 540 g/mol. The topological polar surface area (TPSA) is 128 Å². The van der Waals surface area contributed by atoms with Crippen LogP contribution in [0.1, 0.15) is 99.8 Å². The van der Waals surface area contributed by atoms with Crippen LogP contribution < -0.4 is 14.9 Å². The highest BCUT2D eigenvalue weighted by Crippen LogP contribution is 2.51. The van der Waals surface area contributed by atoms with Gasteiger partial charge in [0.1, 0.15) is 26.3 Å². The number of carbonyl (C=O) groups excluding carboxylic acids is 4. The smallest absolute Gasteiger partial charge is 0.312 e. The fourth-order valence-electron chi connectivity index (χ4n) is 5.59. The summed E-state index contributed by atoms with van der Waals surface area (Å²) in [4.78, 5) is 55.6. The zero-order valence-electron chi connectivity index (χ0n) is 28.5. The number of aliphatic carboxylic acids is 1. The van der Waals surface area contributed by atoms with Gasteiger partial charge >= 0.3 is 17.9 Å². The number of ether oxygens (including phenoxy) is 3. The molecule has 0 saturated heterocycles. The molecular formula is C32H61N2O8+. The second kappa shape index (κ2) is 17.8. The van der Waals surface area contributed by atoms with Crippen LogP contribution in [0, 0.1) is 21.7 Å². The van der Waals surface area contributed by atoms with Gasteiger partial charge in [-0.1, -0.05) is 33.6 Å². The van der Waals surface area contributed by atoms with E-state index in [0.29, 0.717) is 32.4 Å². The van der Waals surface area contributed by atoms with E-state index in [0.717, 1.165) is 16.2 Å². The van der Waals surface area contributed by atoms with Crippen LogP contribution in [0.2, 0.25) is 0 Å². The van der Waals surface area contributed by atoms with E-state index in [4.69, 9.17) is 14.2 Å². The first-order valence-electron chi connectivity index (χ1n) is 15.7. The minimum absolute atomic E-state index is 0.0257. The summed E-state index contributed by atoms with van der Waals surface area (Å²) in [6.07, 6.45) is 2.42. The van der Waals surface area contributed by atoms with Crippen LogP contribution in [-0.2, 0) is 33.4 Å². The van der Waals surface area contributed by atoms with Crippen molar-refractivity contribution in [2.45, 2.75) is 99.8 Å². The summed E-state index contributed by atoms with van der Waals surface area (Å²) in [6, 6.07) is 0. The Morgan fingerprint density at radius 3 is 1.52 bits per heavy atom. The molecule has 3 atom stereocenters. The largest absolute Gasteiger partial charge is 0.550 e. The molecule has 0 aromatic carbocycles. The van der Waals surface area contributed by atoms with Gasteiger partial charge in [0, 0.05) is 11.4 Å². The van der Waals surface area contributed by atoms with Crippen molar-refractivity contribution in [1.29, 1.82) is 0 Å². The standard InChI is InChI=1S/C32H60N2O8/c1-12-15-19-40-26(37)29(4,5)22-32(16-13-2,25(35)36)24-31(7,28(39)42-21-18-34(10)11)23-30(6,14-3)27(38)41-20-17-33(8)9/h12-24H2,1-11H3,(H,35,36)/p+1. The van der Waals surface area contributed by atoms with E-state index in [1.165, 1.54) is 0 Å². The van der Waals surface area contributed by atoms with E-state index in [9.17, 15) is 24.3 Å². The molecule has 0 amide bonds. The Labute approximate surface area is 254 Å². The second-order valence-corrected chi connectivity index (χ2v) is 13.9. The number of carboxylic acids is 1. The number of hydrogen-bond donors (Lipinski definition) is 2. The van der Waals surface area contributed by atoms with Gasteiger partial charge < -0.3 is 33.9 Å². The second-order valence-electron chi connectivity index (χ2n) is 13.9. The molecule has 0 bridgehead atoms. The Morgan fingerprint density at radius 1 is 0.643 bits per heavy atom. The average Bonchev–Trinajstić information content (AvgIpc) is 2.87. The Balaban J connectivity index is 6.62. The van der Waals surface area contributed by atoms with E-state index in [1.54, 1.807) is 27.7 Å². The number of carboxylic acid groups (broad SMARTS) is 1. The first-order chi connectivity index (χ1) is 19.3. The number of unbranched alkanes of at least 4 members (excludes halogenated alkanes) is 1. The van der Waals surface area contributed by atoms with Crippen molar-refractivity contribution < 1.29 is 48.3 Å². The van der Waals surface area contributed by atoms with Gasteiger partial charge in [0.25, 0.3) is 0 Å². The summed E-state index contributed by atoms with van der Waals surface area (Å²) >= 11 is 0. The molecule has 0 fully saturated rings. The zero-order valence-corrected chi connectivity index (χ0v) is 28.5. The normalized spacial score (nSPS) is 16.3. The highest BCUT2D eigenvalue weighted by atomic mass is 16.5. The van der Waals surface area contributed by atoms with Gasteiger partial charge in [0.15, 0.2) is 0 Å². The number of quaternary nitrogens is 2. The Hall–Kier alpha value is -2.20. The fourth-order valence-corrected chi connectivity index (χ4v) is 5.59. The summed E-state index contributed by atoms with van der Waals surface area (Å²) in [5, 5.41) is 13.0. The van der Waals surface area contributed by atoms with Crippen molar-refractivity contribution >= 4 is 23.9 Å². The molecule has 3 unspecified atom stereocenters. The first kappa shape index (κ1) is 39.8. The molecule has 0 rings (SSSR count). The average molecular weight is 602 g/mol. The van der Waals surface area contributed by atoms with Crippen LogP contribution in [0.3, 0.4) is 0 Å². The summed E-state index contributed by atoms with van der Waals surface area (Å²) in [5.74, 6) is -2.82. The Kier molecular flexibility index (Phi) is 16.9. The van der Waals surface area contributed by atoms with E-state index in [1.807, 2.05) is 49.0 Å². The molecule has 0 aliphatic heterocycles. The van der Waals surface area contributed by atoms with Gasteiger partial charge in [0.05, 0.1) is 51.0 Å². The van der Waals surface area contributed by atoms with Crippen molar-refractivity contribution in [3.8, 4) is 0 Å². The quantitative estimate of drug-likeness (QED) is 0.106. The first-order valence-corrected chi connectivity index (χ1v) is 15.7. The van der Waals surface area contributed by atoms with Gasteiger partial charge in [0.2, 0.25) is 0 Å². The maximum atomic E-state index is 13.9. The number of hydrogen-bond acceptors (Lipinski definition) is 8. The molecule has 0 aliphatic carbocycles. The van der Waals surface area contributed by atoms with E-state index in [-0.39, 0.29) is 45.5 Å². The van der Waals surface area contributed by atoms with Gasteiger partial charge in [-0.3, -0.25) is 14.4 Å². The van der Waals surface area contributed by atoms with Crippen molar-refractivity contribution in [2.75, 3.05) is 61.1 Å². The van der Waals surface area contributed by atoms with Crippen LogP contribution >= 0.6 is 0 Å². The number of likely N-dealkylation sites (N-methyl/N-ethyl adjacent to an activating group) is 2. The van der Waals surface area contributed by atoms with Crippen LogP contribution in [0.5, 0.6) is 0 Å². The van der Waals surface area contributed by atoms with Crippen LogP contribution in [0.25, 0.3) is 0 Å². The highest BCUT2D eigenvalue weighted by molar-refractivity contribution is 5.83. The summed E-state index contributed by atoms with van der Waals surface area (Å²) < 4.78 is 16.8. The van der Waals surface area contributed by atoms with E-state index >= 15 is 0 Å². The predicted octanol–water partition coefficient (Wildman–Crippen LogP) is 0.861. The maximum Gasteiger partial charge on any atom is 0.312 e. The van der Waals surface area contributed by atoms with Crippen LogP contribution in [0.15, 0.2) is 0 Å². The minimum Gasteiger partial charge on any atom is -0.550 e. The molecule has 0 radical (unpaired) electrons. The van der Waals surface area contributed by atoms with Crippen molar-refractivity contribution in [1.82, 2.24) is 0 Å². The lowest BCUT2D eigenvalue weighted by Crippen LogP contribution is -3.06. The Morgan fingerprint density at radius 2 is 1.12 bits per heavy atom. The highest BCUT2D eigenvalue weighted by Gasteiger charge is 2.52. The lowest BCUT2D eigenvalue weighted by molar-refractivity contribution is -0.858. The number of carbonyl (C=O) groups is 4. The van der Waals surface area contributed by atoms with Gasteiger partial charge in [-0.25, -0.2) is 0 Å². The van der Waals surface area contributed by atoms with E-state index < -0.39 is 45.5 Å². The third-order valence-electron chi connectivity index (χ3n) is 8.17. The SMILES string of the molecule is CCCCOC(=O)C(C)(C)CC(CCC)(CC(C)(CC(C)(CC)C(=O)OCC[NH+](C)C)C(=O)OCC[NH+](C)C)C(=O)[O-]. The fraction of sp³-hybridized carbons (Fsp3) is 0.875. The summed E-state index contributed by atoms with van der Waals surface area (Å²) in [5.41, 5.74) is -5.14. The lowest BCUT2D eigenvalue weighted by Gasteiger charge is -2.46. The molecule has 0 heterocycles. The van der Waals surface area contributed by atoms with Crippen molar-refractivity contribution in [2.24, 2.45) is 21.7 Å². The molecule has 0 aromatic heterocycles. The molecule has 0 aliphatic rings. The van der Waals surface area contributed by atoms with Crippen LogP contribution in [0.4, 0.5) is 0 Å². The molecule has 10 heteroatoms. The van der Waals surface area contributed by atoms with Crippen LogP contribution in [-0.4, -0.2) is 85.0 Å². The molecule has 0 aromatic rings. The predicted molar refractivity (Wildman–Crippen MR) is 160 cm³/mol. The van der Waals surface area contributed by atoms with Gasteiger partial charge in [-0.05, 0) is 66.2 Å². The molecule has 0 spiro atoms. The molecule has 0 saturated carbocycles. The Bertz CT molecular complexity index is 875. The third-order valence-corrected chi connectivity index (χ3v) is 8.17. The third kappa shape index (κ3) is 12.6. The number of esters is 3. The monoisotopic (exact) mass is 601 g/mol. The molecule has 10 nitrogen and oxygen atoms in total. The zero-order chi connectivity index (χ0) is 32.8. The van der Waals surface area contributed by atoms with Gasteiger partial charge in [-0.2, -0.15) is 0 Å². The molecule has 42 heavy (non-hydrogen) atoms. The molecule has 2 N–H and O–H groups in total. The lowest BCUT2D eigenvalue weighted by atomic mass is 9.59. The van der Waals surface area contributed by atoms with Crippen molar-refractivity contribution in [3.63, 3.8) is 0 Å². The number of nitrogens with one attached hydrogen (secondary N) is 2. The maximum absolute atomic E-state index is 13.9. The summed E-state index contributed by atoms with van der Waals surface area (Å²) in [6.45, 7) is 14.3. The van der Waals surface area contributed by atoms with Crippen molar-refractivity contribution in [3.05, 3.63) is 0 Å². The minimum atomic E-state index is -1.55. The molecule has 246 valence electrons. The van der Waals surface area contributed by atoms with Gasteiger partial charge in [-0.15, -0.1) is 0 Å². The summed E-state index contributed by atoms with van der Waals surface area (Å²) in [7, 11) is 7.81. The number of rotatable bonds is 22. The van der Waals surface area contributed by atoms with E-state index in [2.05, 4.69) is 0 Å².